The van der Waals surface area contributed by atoms with Gasteiger partial charge in [-0.1, -0.05) is 36.4 Å². The van der Waals surface area contributed by atoms with Crippen LogP contribution in [0, 0.1) is 5.82 Å². The highest BCUT2D eigenvalue weighted by molar-refractivity contribution is 7.10. The molecule has 0 aliphatic rings. The molecular formula is C20H19FN2OS. The third-order valence-corrected chi connectivity index (χ3v) is 4.82. The van der Waals surface area contributed by atoms with Crippen LogP contribution in [-0.2, 0) is 4.79 Å². The molecule has 3 nitrogen and oxygen atoms in total. The van der Waals surface area contributed by atoms with Gasteiger partial charge in [0, 0.05) is 10.6 Å². The van der Waals surface area contributed by atoms with Gasteiger partial charge in [0.2, 0.25) is 5.91 Å². The highest BCUT2D eigenvalue weighted by Gasteiger charge is 2.21. The van der Waals surface area contributed by atoms with Gasteiger partial charge < -0.3 is 5.32 Å². The van der Waals surface area contributed by atoms with Crippen LogP contribution in [0.1, 0.15) is 23.4 Å². The summed E-state index contributed by atoms with van der Waals surface area (Å²) < 4.78 is 13.2. The molecule has 2 atom stereocenters. The van der Waals surface area contributed by atoms with E-state index in [4.69, 9.17) is 0 Å². The fourth-order valence-electron chi connectivity index (χ4n) is 2.55. The summed E-state index contributed by atoms with van der Waals surface area (Å²) in [5.74, 6) is -0.390. The number of benzene rings is 2. The van der Waals surface area contributed by atoms with E-state index in [9.17, 15) is 9.18 Å². The highest BCUT2D eigenvalue weighted by atomic mass is 32.1. The molecule has 0 spiro atoms. The van der Waals surface area contributed by atoms with Crippen molar-refractivity contribution in [2.24, 2.45) is 0 Å². The quantitative estimate of drug-likeness (QED) is 0.680. The number of hydrogen-bond donors (Lipinski definition) is 2. The first-order valence-electron chi connectivity index (χ1n) is 8.04. The Kier molecular flexibility index (Phi) is 5.58. The predicted octanol–water partition coefficient (Wildman–Crippen LogP) is 4.59. The van der Waals surface area contributed by atoms with E-state index in [2.05, 4.69) is 10.6 Å². The van der Waals surface area contributed by atoms with Crippen LogP contribution < -0.4 is 10.6 Å². The van der Waals surface area contributed by atoms with Crippen molar-refractivity contribution >= 4 is 22.9 Å². The molecule has 3 aromatic rings. The minimum atomic E-state index is -0.419. The number of amides is 1. The summed E-state index contributed by atoms with van der Waals surface area (Å²) in [6.07, 6.45) is 0. The smallest absolute Gasteiger partial charge is 0.241 e. The second kappa shape index (κ2) is 8.05. The Balaban J connectivity index is 1.75. The van der Waals surface area contributed by atoms with Crippen LogP contribution in [0.5, 0.6) is 0 Å². The van der Waals surface area contributed by atoms with Crippen molar-refractivity contribution in [1.29, 1.82) is 0 Å². The first kappa shape index (κ1) is 17.3. The van der Waals surface area contributed by atoms with E-state index in [1.807, 2.05) is 54.8 Å². The zero-order valence-corrected chi connectivity index (χ0v) is 14.6. The second-order valence-corrected chi connectivity index (χ2v) is 6.72. The third kappa shape index (κ3) is 4.53. The lowest BCUT2D eigenvalue weighted by Crippen LogP contribution is -2.40. The Labute approximate surface area is 150 Å². The topological polar surface area (TPSA) is 41.1 Å². The Morgan fingerprint density at radius 3 is 2.36 bits per heavy atom. The standard InChI is InChI=1S/C20H19FN2OS/c1-14(20(24)23-17-6-3-2-4-7-17)22-19(18-8-5-13-25-18)15-9-11-16(21)12-10-15/h2-14,19,22H,1H3,(H,23,24)/t14-,19+/m1/s1. The minimum Gasteiger partial charge on any atom is -0.325 e. The van der Waals surface area contributed by atoms with Crippen LogP contribution in [-0.4, -0.2) is 11.9 Å². The first-order valence-corrected chi connectivity index (χ1v) is 8.92. The van der Waals surface area contributed by atoms with Gasteiger partial charge in [0.05, 0.1) is 12.1 Å². The molecular weight excluding hydrogens is 335 g/mol. The van der Waals surface area contributed by atoms with Crippen molar-refractivity contribution in [3.05, 3.63) is 88.4 Å². The normalized spacial score (nSPS) is 13.2. The molecule has 2 aromatic carbocycles. The van der Waals surface area contributed by atoms with E-state index < -0.39 is 6.04 Å². The summed E-state index contributed by atoms with van der Waals surface area (Å²) in [5, 5.41) is 8.23. The number of para-hydroxylation sites is 1. The Hall–Kier alpha value is -2.50. The molecule has 128 valence electrons. The lowest BCUT2D eigenvalue weighted by molar-refractivity contribution is -0.117. The molecule has 0 saturated carbocycles. The lowest BCUT2D eigenvalue weighted by atomic mass is 10.0. The van der Waals surface area contributed by atoms with Crippen molar-refractivity contribution in [3.63, 3.8) is 0 Å². The maximum Gasteiger partial charge on any atom is 0.241 e. The number of nitrogens with one attached hydrogen (secondary N) is 2. The molecule has 1 amide bonds. The van der Waals surface area contributed by atoms with Gasteiger partial charge in [-0.25, -0.2) is 4.39 Å². The molecule has 5 heteroatoms. The maximum absolute atomic E-state index is 13.2. The van der Waals surface area contributed by atoms with Crippen molar-refractivity contribution in [2.45, 2.75) is 19.0 Å². The summed E-state index contributed by atoms with van der Waals surface area (Å²) in [4.78, 5) is 13.5. The fraction of sp³-hybridized carbons (Fsp3) is 0.150. The van der Waals surface area contributed by atoms with Gasteiger partial charge in [-0.15, -0.1) is 11.3 Å². The predicted molar refractivity (Wildman–Crippen MR) is 100 cm³/mol. The first-order chi connectivity index (χ1) is 12.1. The molecule has 0 unspecified atom stereocenters. The molecule has 1 heterocycles. The minimum absolute atomic E-state index is 0.116. The van der Waals surface area contributed by atoms with Gasteiger partial charge in [0.15, 0.2) is 0 Å². The van der Waals surface area contributed by atoms with Gasteiger partial charge in [-0.3, -0.25) is 10.1 Å². The molecule has 0 radical (unpaired) electrons. The van der Waals surface area contributed by atoms with Gasteiger partial charge >= 0.3 is 0 Å². The third-order valence-electron chi connectivity index (χ3n) is 3.88. The number of thiophene rings is 1. The van der Waals surface area contributed by atoms with Crippen molar-refractivity contribution in [1.82, 2.24) is 5.32 Å². The van der Waals surface area contributed by atoms with Gasteiger partial charge in [-0.2, -0.15) is 0 Å². The molecule has 0 bridgehead atoms. The van der Waals surface area contributed by atoms with E-state index in [1.165, 1.54) is 12.1 Å². The summed E-state index contributed by atoms with van der Waals surface area (Å²) in [7, 11) is 0. The maximum atomic E-state index is 13.2. The van der Waals surface area contributed by atoms with Crippen molar-refractivity contribution in [2.75, 3.05) is 5.32 Å². The number of rotatable bonds is 6. The van der Waals surface area contributed by atoms with Gasteiger partial charge in [0.1, 0.15) is 5.82 Å². The Morgan fingerprint density at radius 2 is 1.72 bits per heavy atom. The number of carbonyl (C=O) groups is 1. The number of carbonyl (C=O) groups excluding carboxylic acids is 1. The summed E-state index contributed by atoms with van der Waals surface area (Å²) in [6, 6.07) is 19.1. The lowest BCUT2D eigenvalue weighted by Gasteiger charge is -2.22. The zero-order chi connectivity index (χ0) is 17.6. The van der Waals surface area contributed by atoms with Crippen LogP contribution in [0.4, 0.5) is 10.1 Å². The Morgan fingerprint density at radius 1 is 1.00 bits per heavy atom. The number of anilines is 1. The molecule has 0 fully saturated rings. The molecule has 25 heavy (non-hydrogen) atoms. The largest absolute Gasteiger partial charge is 0.325 e. The van der Waals surface area contributed by atoms with Crippen LogP contribution >= 0.6 is 11.3 Å². The summed E-state index contributed by atoms with van der Waals surface area (Å²) in [5.41, 5.74) is 1.68. The zero-order valence-electron chi connectivity index (χ0n) is 13.8. The number of hydrogen-bond acceptors (Lipinski definition) is 3. The molecule has 0 aliphatic heterocycles. The van der Waals surface area contributed by atoms with Crippen LogP contribution in [0.25, 0.3) is 0 Å². The second-order valence-electron chi connectivity index (χ2n) is 5.74. The van der Waals surface area contributed by atoms with E-state index in [-0.39, 0.29) is 17.8 Å². The van der Waals surface area contributed by atoms with E-state index >= 15 is 0 Å². The van der Waals surface area contributed by atoms with E-state index in [0.29, 0.717) is 0 Å². The van der Waals surface area contributed by atoms with E-state index in [0.717, 1.165) is 16.1 Å². The van der Waals surface area contributed by atoms with Crippen LogP contribution in [0.3, 0.4) is 0 Å². The van der Waals surface area contributed by atoms with Crippen molar-refractivity contribution < 1.29 is 9.18 Å². The van der Waals surface area contributed by atoms with Gasteiger partial charge in [-0.05, 0) is 48.2 Å². The molecule has 0 aliphatic carbocycles. The summed E-state index contributed by atoms with van der Waals surface area (Å²) >= 11 is 1.60. The van der Waals surface area contributed by atoms with Crippen LogP contribution in [0.2, 0.25) is 0 Å². The van der Waals surface area contributed by atoms with E-state index in [1.54, 1.807) is 23.5 Å². The molecule has 0 saturated heterocycles. The average Bonchev–Trinajstić information content (AvgIpc) is 3.15. The highest BCUT2D eigenvalue weighted by Crippen LogP contribution is 2.27. The van der Waals surface area contributed by atoms with Gasteiger partial charge in [0.25, 0.3) is 0 Å². The number of halogens is 1. The van der Waals surface area contributed by atoms with Crippen LogP contribution in [0.15, 0.2) is 72.1 Å². The summed E-state index contributed by atoms with van der Waals surface area (Å²) in [6.45, 7) is 1.82. The average molecular weight is 354 g/mol. The monoisotopic (exact) mass is 354 g/mol. The Bertz CT molecular complexity index is 803. The SMILES string of the molecule is C[C@@H](N[C@@H](c1ccc(F)cc1)c1cccs1)C(=O)Nc1ccccc1. The molecule has 1 aromatic heterocycles. The fourth-order valence-corrected chi connectivity index (χ4v) is 3.36. The van der Waals surface area contributed by atoms with Crippen molar-refractivity contribution in [3.8, 4) is 0 Å². The molecule has 3 rings (SSSR count). The molecule has 2 N–H and O–H groups in total.